The Labute approximate surface area is 113 Å². The number of amides is 2. The van der Waals surface area contributed by atoms with Crippen LogP contribution in [0.25, 0.3) is 0 Å². The Morgan fingerprint density at radius 3 is 2.58 bits per heavy atom. The molecule has 0 atom stereocenters. The predicted octanol–water partition coefficient (Wildman–Crippen LogP) is 0.818. The smallest absolute Gasteiger partial charge is 0.271 e. The Hall–Kier alpha value is -1.98. The summed E-state index contributed by atoms with van der Waals surface area (Å²) in [7, 11) is 0. The minimum atomic E-state index is -0.507. The van der Waals surface area contributed by atoms with Crippen molar-refractivity contribution in [3.63, 3.8) is 0 Å². The predicted molar refractivity (Wildman–Crippen MR) is 74.5 cm³/mol. The molecule has 1 heterocycles. The highest BCUT2D eigenvalue weighted by molar-refractivity contribution is 5.96. The molecule has 0 unspecified atom stereocenters. The maximum Gasteiger partial charge on any atom is 0.271 e. The number of anilines is 1. The average Bonchev–Trinajstić information content (AvgIpc) is 2.74. The zero-order chi connectivity index (χ0) is 14.4. The first-order valence-corrected chi connectivity index (χ1v) is 6.52. The van der Waals surface area contributed by atoms with Crippen LogP contribution in [0.15, 0.2) is 12.3 Å². The molecule has 0 fully saturated rings. The molecule has 6 heteroatoms. The van der Waals surface area contributed by atoms with E-state index in [1.54, 1.807) is 16.8 Å². The lowest BCUT2D eigenvalue weighted by Crippen LogP contribution is -2.39. The summed E-state index contributed by atoms with van der Waals surface area (Å²) in [6.45, 7) is 5.07. The van der Waals surface area contributed by atoms with Crippen molar-refractivity contribution in [3.05, 3.63) is 18.0 Å². The van der Waals surface area contributed by atoms with E-state index >= 15 is 0 Å². The monoisotopic (exact) mass is 266 g/mol. The largest absolute Gasteiger partial charge is 0.397 e. The SMILES string of the molecule is CCCCN(CC(N)=O)C(=O)c1cc(N)cn1CC. The third-order valence-electron chi connectivity index (χ3n) is 2.89. The van der Waals surface area contributed by atoms with E-state index in [4.69, 9.17) is 11.5 Å². The molecule has 19 heavy (non-hydrogen) atoms. The summed E-state index contributed by atoms with van der Waals surface area (Å²) >= 11 is 0. The van der Waals surface area contributed by atoms with Crippen molar-refractivity contribution in [1.82, 2.24) is 9.47 Å². The van der Waals surface area contributed by atoms with Crippen LogP contribution < -0.4 is 11.5 Å². The van der Waals surface area contributed by atoms with Gasteiger partial charge in [0.2, 0.25) is 5.91 Å². The van der Waals surface area contributed by atoms with Crippen LogP contribution in [-0.2, 0) is 11.3 Å². The molecule has 1 aromatic heterocycles. The second kappa shape index (κ2) is 6.82. The van der Waals surface area contributed by atoms with E-state index in [0.29, 0.717) is 24.5 Å². The molecule has 0 radical (unpaired) electrons. The van der Waals surface area contributed by atoms with Crippen LogP contribution in [0.4, 0.5) is 5.69 Å². The van der Waals surface area contributed by atoms with Gasteiger partial charge in [-0.25, -0.2) is 0 Å². The molecule has 0 bridgehead atoms. The van der Waals surface area contributed by atoms with Crippen LogP contribution in [0.5, 0.6) is 0 Å². The Balaban J connectivity index is 2.93. The molecule has 0 spiro atoms. The lowest BCUT2D eigenvalue weighted by molar-refractivity contribution is -0.118. The number of aryl methyl sites for hydroxylation is 1. The summed E-state index contributed by atoms with van der Waals surface area (Å²) in [4.78, 5) is 25.0. The van der Waals surface area contributed by atoms with Crippen LogP contribution in [-0.4, -0.2) is 34.4 Å². The molecular formula is C13H22N4O2. The van der Waals surface area contributed by atoms with Gasteiger partial charge in [-0.05, 0) is 19.4 Å². The fourth-order valence-corrected chi connectivity index (χ4v) is 1.93. The van der Waals surface area contributed by atoms with Gasteiger partial charge in [-0.1, -0.05) is 13.3 Å². The third-order valence-corrected chi connectivity index (χ3v) is 2.89. The number of primary amides is 1. The van der Waals surface area contributed by atoms with E-state index in [1.807, 2.05) is 13.8 Å². The molecule has 6 nitrogen and oxygen atoms in total. The molecule has 0 aromatic carbocycles. The van der Waals surface area contributed by atoms with E-state index in [2.05, 4.69) is 0 Å². The Morgan fingerprint density at radius 1 is 1.37 bits per heavy atom. The molecule has 4 N–H and O–H groups in total. The van der Waals surface area contributed by atoms with Gasteiger partial charge < -0.3 is 20.9 Å². The van der Waals surface area contributed by atoms with Gasteiger partial charge in [0.25, 0.3) is 5.91 Å². The number of nitrogen functional groups attached to an aromatic ring is 1. The number of nitrogens with zero attached hydrogens (tertiary/aromatic N) is 2. The van der Waals surface area contributed by atoms with Crippen LogP contribution >= 0.6 is 0 Å². The Morgan fingerprint density at radius 2 is 2.05 bits per heavy atom. The normalized spacial score (nSPS) is 10.4. The zero-order valence-electron chi connectivity index (χ0n) is 11.6. The topological polar surface area (TPSA) is 94.3 Å². The fraction of sp³-hybridized carbons (Fsp3) is 0.538. The lowest BCUT2D eigenvalue weighted by Gasteiger charge is -2.21. The van der Waals surface area contributed by atoms with Crippen LogP contribution in [0, 0.1) is 0 Å². The number of unbranched alkanes of at least 4 members (excludes halogenated alkanes) is 1. The molecular weight excluding hydrogens is 244 g/mol. The highest BCUT2D eigenvalue weighted by Crippen LogP contribution is 2.13. The van der Waals surface area contributed by atoms with Crippen molar-refractivity contribution in [2.75, 3.05) is 18.8 Å². The van der Waals surface area contributed by atoms with E-state index in [-0.39, 0.29) is 12.5 Å². The minimum absolute atomic E-state index is 0.0619. The number of nitrogens with two attached hydrogens (primary N) is 2. The van der Waals surface area contributed by atoms with Gasteiger partial charge in [0.05, 0.1) is 12.2 Å². The Kier molecular flexibility index (Phi) is 5.41. The summed E-state index contributed by atoms with van der Waals surface area (Å²) < 4.78 is 1.78. The highest BCUT2D eigenvalue weighted by Gasteiger charge is 2.20. The van der Waals surface area contributed by atoms with Crippen molar-refractivity contribution >= 4 is 17.5 Å². The maximum atomic E-state index is 12.4. The van der Waals surface area contributed by atoms with Crippen molar-refractivity contribution in [1.29, 1.82) is 0 Å². The van der Waals surface area contributed by atoms with E-state index in [0.717, 1.165) is 12.8 Å². The van der Waals surface area contributed by atoms with Crippen molar-refractivity contribution in [2.45, 2.75) is 33.2 Å². The first kappa shape index (κ1) is 15.1. The first-order valence-electron chi connectivity index (χ1n) is 6.52. The van der Waals surface area contributed by atoms with Crippen LogP contribution in [0.1, 0.15) is 37.2 Å². The van der Waals surface area contributed by atoms with Gasteiger partial charge in [-0.3, -0.25) is 9.59 Å². The summed E-state index contributed by atoms with van der Waals surface area (Å²) in [5, 5.41) is 0. The quantitative estimate of drug-likeness (QED) is 0.765. The van der Waals surface area contributed by atoms with Gasteiger partial charge in [-0.15, -0.1) is 0 Å². The molecule has 0 aliphatic carbocycles. The Bertz CT molecular complexity index is 453. The second-order valence-electron chi connectivity index (χ2n) is 4.49. The van der Waals surface area contributed by atoms with Crippen molar-refractivity contribution in [2.24, 2.45) is 5.73 Å². The number of hydrogen-bond acceptors (Lipinski definition) is 3. The number of aromatic nitrogens is 1. The summed E-state index contributed by atoms with van der Waals surface area (Å²) in [6, 6.07) is 1.63. The first-order chi connectivity index (χ1) is 8.99. The van der Waals surface area contributed by atoms with Crippen LogP contribution in [0.2, 0.25) is 0 Å². The number of carbonyl (C=O) groups excluding carboxylic acids is 2. The van der Waals surface area contributed by atoms with E-state index in [9.17, 15) is 9.59 Å². The fourth-order valence-electron chi connectivity index (χ4n) is 1.93. The zero-order valence-corrected chi connectivity index (χ0v) is 11.6. The van der Waals surface area contributed by atoms with E-state index < -0.39 is 5.91 Å². The molecule has 1 aromatic rings. The average molecular weight is 266 g/mol. The summed E-state index contributed by atoms with van der Waals surface area (Å²) in [5.41, 5.74) is 11.9. The van der Waals surface area contributed by atoms with Gasteiger partial charge in [0.15, 0.2) is 0 Å². The van der Waals surface area contributed by atoms with Crippen molar-refractivity contribution < 1.29 is 9.59 Å². The minimum Gasteiger partial charge on any atom is -0.397 e. The van der Waals surface area contributed by atoms with E-state index in [1.165, 1.54) is 4.90 Å². The number of carbonyl (C=O) groups is 2. The van der Waals surface area contributed by atoms with Gasteiger partial charge in [0.1, 0.15) is 5.69 Å². The highest BCUT2D eigenvalue weighted by atomic mass is 16.2. The van der Waals surface area contributed by atoms with Gasteiger partial charge >= 0.3 is 0 Å². The maximum absolute atomic E-state index is 12.4. The van der Waals surface area contributed by atoms with Crippen molar-refractivity contribution in [3.8, 4) is 0 Å². The molecule has 0 aliphatic heterocycles. The number of hydrogen-bond donors (Lipinski definition) is 2. The van der Waals surface area contributed by atoms with Crippen LogP contribution in [0.3, 0.4) is 0 Å². The molecule has 0 saturated carbocycles. The van der Waals surface area contributed by atoms with Gasteiger partial charge in [-0.2, -0.15) is 0 Å². The molecule has 1 rings (SSSR count). The van der Waals surface area contributed by atoms with Gasteiger partial charge in [0, 0.05) is 19.3 Å². The second-order valence-corrected chi connectivity index (χ2v) is 4.49. The third kappa shape index (κ3) is 4.01. The molecule has 0 aliphatic rings. The molecule has 2 amide bonds. The summed E-state index contributed by atoms with van der Waals surface area (Å²) in [6.07, 6.45) is 3.50. The number of rotatable bonds is 7. The standard InChI is InChI=1S/C13H22N4O2/c1-3-5-6-17(9-12(15)18)13(19)11-7-10(14)8-16(11)4-2/h7-8H,3-6,9,14H2,1-2H3,(H2,15,18). The molecule has 106 valence electrons. The lowest BCUT2D eigenvalue weighted by atomic mass is 10.2. The molecule has 0 saturated heterocycles. The summed E-state index contributed by atoms with van der Waals surface area (Å²) in [5.74, 6) is -0.710.